The zero-order valence-corrected chi connectivity index (χ0v) is 18.3. The maximum atomic E-state index is 14.9. The number of ether oxygens (including phenoxy) is 1. The van der Waals surface area contributed by atoms with Gasteiger partial charge in [0, 0.05) is 55.0 Å². The molecule has 2 heterocycles. The summed E-state index contributed by atoms with van der Waals surface area (Å²) in [6.07, 6.45) is 2.35. The van der Waals surface area contributed by atoms with Crippen molar-refractivity contribution < 1.29 is 29.0 Å². The van der Waals surface area contributed by atoms with Gasteiger partial charge in [-0.1, -0.05) is 23.4 Å². The molecule has 0 radical (unpaired) electrons. The Bertz CT molecular complexity index is 1030. The van der Waals surface area contributed by atoms with Gasteiger partial charge in [-0.3, -0.25) is 0 Å². The van der Waals surface area contributed by atoms with E-state index < -0.39 is 24.0 Å². The number of halogens is 1. The highest BCUT2D eigenvalue weighted by molar-refractivity contribution is 5.88. The summed E-state index contributed by atoms with van der Waals surface area (Å²) in [4.78, 5) is 30.4. The number of nitrogens with two attached hydrogens (primary N) is 2. The maximum absolute atomic E-state index is 14.9. The van der Waals surface area contributed by atoms with Crippen molar-refractivity contribution in [2.75, 3.05) is 31.2 Å². The monoisotopic (exact) mass is 475 g/mol. The van der Waals surface area contributed by atoms with Gasteiger partial charge in [-0.15, -0.1) is 4.99 Å². The van der Waals surface area contributed by atoms with Gasteiger partial charge in [0.05, 0.1) is 12.3 Å². The van der Waals surface area contributed by atoms with E-state index in [4.69, 9.17) is 26.1 Å². The number of aliphatic hydroxyl groups is 2. The number of guanidine groups is 1. The van der Waals surface area contributed by atoms with Crippen molar-refractivity contribution in [2.45, 2.75) is 25.6 Å². The van der Waals surface area contributed by atoms with Crippen LogP contribution in [-0.2, 0) is 16.2 Å². The van der Waals surface area contributed by atoms with Gasteiger partial charge < -0.3 is 36.2 Å². The number of aromatic nitrogens is 2. The molecule has 3 rings (SSSR count). The van der Waals surface area contributed by atoms with E-state index >= 15 is 0 Å². The summed E-state index contributed by atoms with van der Waals surface area (Å²) in [5.74, 6) is -0.511. The summed E-state index contributed by atoms with van der Waals surface area (Å²) in [5, 5.41) is 22.0. The van der Waals surface area contributed by atoms with Crippen molar-refractivity contribution in [1.82, 2.24) is 9.97 Å². The van der Waals surface area contributed by atoms with Gasteiger partial charge in [0.15, 0.2) is 5.96 Å². The van der Waals surface area contributed by atoms with Crippen molar-refractivity contribution in [1.29, 1.82) is 0 Å². The van der Waals surface area contributed by atoms with Gasteiger partial charge in [-0.25, -0.2) is 19.2 Å². The third-order valence-electron chi connectivity index (χ3n) is 4.89. The highest BCUT2D eigenvalue weighted by Crippen LogP contribution is 2.26. The number of oxime groups is 1. The lowest BCUT2D eigenvalue weighted by Crippen LogP contribution is -2.35. The first-order valence-corrected chi connectivity index (χ1v) is 10.4. The van der Waals surface area contributed by atoms with Crippen LogP contribution in [0.2, 0.25) is 0 Å². The summed E-state index contributed by atoms with van der Waals surface area (Å²) in [5.41, 5.74) is 11.9. The predicted molar refractivity (Wildman–Crippen MR) is 121 cm³/mol. The number of amides is 1. The number of hydrogen-bond acceptors (Lipinski definition) is 9. The van der Waals surface area contributed by atoms with E-state index in [-0.39, 0.29) is 30.9 Å². The third kappa shape index (κ3) is 6.83. The minimum Gasteiger partial charge on any atom is -0.443 e. The molecule has 0 aliphatic carbocycles. The van der Waals surface area contributed by atoms with Crippen LogP contribution in [0.1, 0.15) is 18.4 Å². The molecule has 2 aromatic rings. The minimum absolute atomic E-state index is 0.0647. The molecule has 182 valence electrons. The smallest absolute Gasteiger partial charge is 0.437 e. The maximum Gasteiger partial charge on any atom is 0.437 e. The zero-order chi connectivity index (χ0) is 24.5. The molecule has 1 atom stereocenters. The molecule has 0 spiro atoms. The number of rotatable bonds is 8. The Morgan fingerprint density at radius 1 is 1.24 bits per heavy atom. The number of aliphatic imine (C=N–C) groups is 1. The van der Waals surface area contributed by atoms with Crippen LogP contribution in [0.25, 0.3) is 11.1 Å². The minimum atomic E-state index is -1.01. The number of nitrogens with zero attached hydrogens (tertiary/aromatic N) is 5. The topological polar surface area (TPSA) is 182 Å². The summed E-state index contributed by atoms with van der Waals surface area (Å²) in [6, 6.07) is 4.69. The Kier molecular flexibility index (Phi) is 8.65. The summed E-state index contributed by atoms with van der Waals surface area (Å²) >= 11 is 0. The molecular weight excluding hydrogens is 449 g/mol. The Balaban J connectivity index is 1.60. The van der Waals surface area contributed by atoms with Crippen molar-refractivity contribution in [3.8, 4) is 11.1 Å². The Hall–Kier alpha value is -3.84. The second-order valence-corrected chi connectivity index (χ2v) is 7.42. The van der Waals surface area contributed by atoms with Gasteiger partial charge in [0.1, 0.15) is 25.1 Å². The summed E-state index contributed by atoms with van der Waals surface area (Å²) in [6.45, 7) is 0.455. The standard InChI is InChI=1S/C21H26FN7O5/c22-18-13(11-33-21(32)27-19(23)24)2-1-3-17(18)14-8-25-20(26-9-14)29-6-4-15(5-7-29)28-34-12-16(31)10-30/h1-3,8-9,16,30-31H,4-7,10-12H2,(H4,23,24,27,32)/t16-/m1/s1. The number of carbonyl (C=O) groups excluding carboxylic acids is 1. The van der Waals surface area contributed by atoms with Crippen LogP contribution in [0, 0.1) is 5.82 Å². The molecule has 13 heteroatoms. The molecule has 1 aromatic heterocycles. The first-order chi connectivity index (χ1) is 16.4. The first-order valence-electron chi connectivity index (χ1n) is 10.4. The van der Waals surface area contributed by atoms with Crippen LogP contribution in [0.15, 0.2) is 40.7 Å². The lowest BCUT2D eigenvalue weighted by atomic mass is 10.1. The van der Waals surface area contributed by atoms with E-state index in [0.717, 1.165) is 5.71 Å². The molecule has 0 bridgehead atoms. The van der Waals surface area contributed by atoms with E-state index in [1.165, 1.54) is 18.5 Å². The van der Waals surface area contributed by atoms with Crippen molar-refractivity contribution in [3.63, 3.8) is 0 Å². The molecule has 0 saturated carbocycles. The van der Waals surface area contributed by atoms with Crippen LogP contribution >= 0.6 is 0 Å². The van der Waals surface area contributed by atoms with Crippen molar-refractivity contribution in [2.24, 2.45) is 21.6 Å². The van der Waals surface area contributed by atoms with E-state index in [1.54, 1.807) is 12.1 Å². The average Bonchev–Trinajstić information content (AvgIpc) is 2.83. The largest absolute Gasteiger partial charge is 0.443 e. The summed E-state index contributed by atoms with van der Waals surface area (Å²) < 4.78 is 19.8. The third-order valence-corrected chi connectivity index (χ3v) is 4.89. The SMILES string of the molecule is NC(N)=NC(=O)OCc1cccc(-c2cnc(N3CCC(=NOC[C@H](O)CO)CC3)nc2)c1F. The lowest BCUT2D eigenvalue weighted by Gasteiger charge is -2.27. The number of anilines is 1. The molecule has 1 fully saturated rings. The number of piperidine rings is 1. The predicted octanol–water partition coefficient (Wildman–Crippen LogP) is 0.519. The lowest BCUT2D eigenvalue weighted by molar-refractivity contribution is 0.00791. The van der Waals surface area contributed by atoms with Gasteiger partial charge in [0.25, 0.3) is 0 Å². The van der Waals surface area contributed by atoms with Crippen LogP contribution in [0.5, 0.6) is 0 Å². The van der Waals surface area contributed by atoms with Gasteiger partial charge in [-0.2, -0.15) is 0 Å². The fraction of sp³-hybridized carbons (Fsp3) is 0.381. The highest BCUT2D eigenvalue weighted by Gasteiger charge is 2.19. The van der Waals surface area contributed by atoms with Crippen LogP contribution in [0.3, 0.4) is 0 Å². The van der Waals surface area contributed by atoms with Gasteiger partial charge in [0.2, 0.25) is 5.95 Å². The van der Waals surface area contributed by atoms with E-state index in [2.05, 4.69) is 20.1 Å². The number of aliphatic hydroxyl groups excluding tert-OH is 2. The van der Waals surface area contributed by atoms with E-state index in [9.17, 15) is 14.3 Å². The summed E-state index contributed by atoms with van der Waals surface area (Å²) in [7, 11) is 0. The van der Waals surface area contributed by atoms with Crippen LogP contribution in [-0.4, -0.2) is 70.4 Å². The van der Waals surface area contributed by atoms with Crippen molar-refractivity contribution in [3.05, 3.63) is 42.0 Å². The van der Waals surface area contributed by atoms with Gasteiger partial charge in [-0.05, 0) is 0 Å². The zero-order valence-electron chi connectivity index (χ0n) is 18.3. The van der Waals surface area contributed by atoms with Crippen LogP contribution < -0.4 is 16.4 Å². The first kappa shape index (κ1) is 24.8. The molecule has 1 amide bonds. The molecule has 1 aromatic carbocycles. The molecule has 0 unspecified atom stereocenters. The van der Waals surface area contributed by atoms with E-state index in [1.807, 2.05) is 4.90 Å². The molecule has 1 saturated heterocycles. The fourth-order valence-electron chi connectivity index (χ4n) is 3.14. The second-order valence-electron chi connectivity index (χ2n) is 7.42. The Morgan fingerprint density at radius 3 is 2.59 bits per heavy atom. The van der Waals surface area contributed by atoms with Crippen molar-refractivity contribution >= 4 is 23.7 Å². The van der Waals surface area contributed by atoms with Crippen LogP contribution in [0.4, 0.5) is 15.1 Å². The molecule has 34 heavy (non-hydrogen) atoms. The molecular formula is C21H26FN7O5. The Labute approximate surface area is 194 Å². The highest BCUT2D eigenvalue weighted by atomic mass is 19.1. The van der Waals surface area contributed by atoms with Gasteiger partial charge >= 0.3 is 6.09 Å². The quantitative estimate of drug-likeness (QED) is 0.239. The molecule has 6 N–H and O–H groups in total. The number of benzene rings is 1. The fourth-order valence-corrected chi connectivity index (χ4v) is 3.14. The Morgan fingerprint density at radius 2 is 1.94 bits per heavy atom. The molecule has 12 nitrogen and oxygen atoms in total. The normalized spacial score (nSPS) is 14.3. The average molecular weight is 475 g/mol. The second kappa shape index (κ2) is 11.9. The number of hydrogen-bond donors (Lipinski definition) is 4. The molecule has 1 aliphatic rings. The van der Waals surface area contributed by atoms with E-state index in [0.29, 0.717) is 37.4 Å². The number of carbonyl (C=O) groups is 1. The molecule has 1 aliphatic heterocycles.